The number of hydrogen-bond donors (Lipinski definition) is 1. The van der Waals surface area contributed by atoms with E-state index in [9.17, 15) is 9.59 Å². The number of nitrogens with zero attached hydrogens (tertiary/aromatic N) is 3. The number of benzene rings is 1. The van der Waals surface area contributed by atoms with Crippen molar-refractivity contribution in [3.05, 3.63) is 76.6 Å². The second kappa shape index (κ2) is 5.62. The molecule has 0 saturated carbocycles. The number of rotatable bonds is 3. The summed E-state index contributed by atoms with van der Waals surface area (Å²) in [6, 6.07) is 10.5. The van der Waals surface area contributed by atoms with Gasteiger partial charge in [0.1, 0.15) is 12.2 Å². The molecule has 3 heterocycles. The Morgan fingerprint density at radius 2 is 2.12 bits per heavy atom. The lowest BCUT2D eigenvalue weighted by atomic mass is 10.1. The zero-order valence-electron chi connectivity index (χ0n) is 12.5. The van der Waals surface area contributed by atoms with Gasteiger partial charge < -0.3 is 9.72 Å². The first kappa shape index (κ1) is 14.1. The van der Waals surface area contributed by atoms with Crippen molar-refractivity contribution in [1.29, 1.82) is 0 Å². The van der Waals surface area contributed by atoms with Gasteiger partial charge in [-0.15, -0.1) is 0 Å². The molecule has 0 spiro atoms. The Morgan fingerprint density at radius 3 is 3.00 bits per heavy atom. The third kappa shape index (κ3) is 2.52. The molecule has 118 valence electrons. The minimum Gasteiger partial charge on any atom is -0.455 e. The van der Waals surface area contributed by atoms with Gasteiger partial charge in [-0.2, -0.15) is 0 Å². The highest BCUT2D eigenvalue weighted by Crippen LogP contribution is 2.11. The Labute approximate surface area is 135 Å². The number of ether oxygens (including phenoxy) is 1. The minimum atomic E-state index is -0.688. The number of fused-ring (bicyclic) bond motifs is 2. The van der Waals surface area contributed by atoms with Crippen LogP contribution in [0.25, 0.3) is 16.7 Å². The smallest absolute Gasteiger partial charge is 0.344 e. The summed E-state index contributed by atoms with van der Waals surface area (Å²) in [5, 5.41) is 0.765. The summed E-state index contributed by atoms with van der Waals surface area (Å²) in [7, 11) is 0. The Bertz CT molecular complexity index is 1080. The van der Waals surface area contributed by atoms with E-state index < -0.39 is 11.5 Å². The molecule has 0 amide bonds. The average Bonchev–Trinajstić information content (AvgIpc) is 3.02. The number of carbonyl (C=O) groups excluding carboxylic acids is 1. The quantitative estimate of drug-likeness (QED) is 0.583. The highest BCUT2D eigenvalue weighted by atomic mass is 16.5. The maximum atomic E-state index is 12.2. The molecule has 3 aromatic heterocycles. The molecule has 0 unspecified atom stereocenters. The molecule has 1 N–H and O–H groups in total. The average molecular weight is 320 g/mol. The second-order valence-corrected chi connectivity index (χ2v) is 5.23. The van der Waals surface area contributed by atoms with E-state index in [0.717, 1.165) is 5.39 Å². The molecule has 0 atom stereocenters. The van der Waals surface area contributed by atoms with Crippen LogP contribution in [-0.2, 0) is 11.3 Å². The number of nitrogens with one attached hydrogen (secondary N) is 1. The molecule has 4 aromatic rings. The van der Waals surface area contributed by atoms with Crippen LogP contribution < -0.4 is 5.56 Å². The van der Waals surface area contributed by atoms with Crippen LogP contribution in [0, 0.1) is 0 Å². The van der Waals surface area contributed by atoms with E-state index in [2.05, 4.69) is 15.0 Å². The Hall–Kier alpha value is -3.48. The molecule has 0 fully saturated rings. The molecular formula is C17H12N4O3. The number of aromatic amines is 1. The normalized spacial score (nSPS) is 11.0. The predicted octanol–water partition coefficient (Wildman–Crippen LogP) is 1.93. The molecule has 4 rings (SSSR count). The highest BCUT2D eigenvalue weighted by Gasteiger charge is 2.14. The van der Waals surface area contributed by atoms with E-state index in [1.807, 2.05) is 18.2 Å². The first-order valence-electron chi connectivity index (χ1n) is 7.28. The van der Waals surface area contributed by atoms with Crippen LogP contribution in [0.15, 0.2) is 59.8 Å². The SMILES string of the molecule is O=C(OCc1cn2cccnc2n1)c1cc2ccccc2[nH]c1=O. The third-order valence-electron chi connectivity index (χ3n) is 3.61. The van der Waals surface area contributed by atoms with Gasteiger partial charge in [0.2, 0.25) is 5.78 Å². The largest absolute Gasteiger partial charge is 0.455 e. The second-order valence-electron chi connectivity index (χ2n) is 5.23. The lowest BCUT2D eigenvalue weighted by Gasteiger charge is -2.04. The fourth-order valence-corrected chi connectivity index (χ4v) is 2.47. The summed E-state index contributed by atoms with van der Waals surface area (Å²) in [5.41, 5.74) is 0.718. The van der Waals surface area contributed by atoms with Crippen molar-refractivity contribution in [2.45, 2.75) is 6.61 Å². The molecule has 0 aliphatic heterocycles. The van der Waals surface area contributed by atoms with E-state index in [4.69, 9.17) is 4.74 Å². The topological polar surface area (TPSA) is 89.3 Å². The summed E-state index contributed by atoms with van der Waals surface area (Å²) < 4.78 is 6.94. The fourth-order valence-electron chi connectivity index (χ4n) is 2.47. The van der Waals surface area contributed by atoms with Gasteiger partial charge in [-0.05, 0) is 23.6 Å². The van der Waals surface area contributed by atoms with Crippen LogP contribution in [0.1, 0.15) is 16.1 Å². The summed E-state index contributed by atoms with van der Waals surface area (Å²) >= 11 is 0. The van der Waals surface area contributed by atoms with E-state index >= 15 is 0 Å². The molecule has 0 aliphatic carbocycles. The van der Waals surface area contributed by atoms with Crippen LogP contribution in [0.5, 0.6) is 0 Å². The molecule has 0 aliphatic rings. The Morgan fingerprint density at radius 1 is 1.25 bits per heavy atom. The summed E-state index contributed by atoms with van der Waals surface area (Å²) in [6.45, 7) is -0.0333. The van der Waals surface area contributed by atoms with E-state index in [1.54, 1.807) is 35.1 Å². The van der Waals surface area contributed by atoms with Crippen molar-refractivity contribution >= 4 is 22.6 Å². The van der Waals surface area contributed by atoms with Gasteiger partial charge in [0.15, 0.2) is 0 Å². The summed E-state index contributed by atoms with van der Waals surface area (Å²) in [6.07, 6.45) is 5.15. The van der Waals surface area contributed by atoms with Crippen LogP contribution >= 0.6 is 0 Å². The van der Waals surface area contributed by atoms with Crippen molar-refractivity contribution in [2.75, 3.05) is 0 Å². The number of H-pyrrole nitrogens is 1. The van der Waals surface area contributed by atoms with Gasteiger partial charge >= 0.3 is 5.97 Å². The first-order valence-corrected chi connectivity index (χ1v) is 7.28. The van der Waals surface area contributed by atoms with Crippen molar-refractivity contribution < 1.29 is 9.53 Å². The number of para-hydroxylation sites is 1. The lowest BCUT2D eigenvalue weighted by molar-refractivity contribution is 0.0466. The fraction of sp³-hybridized carbons (Fsp3) is 0.0588. The van der Waals surface area contributed by atoms with E-state index in [-0.39, 0.29) is 12.2 Å². The predicted molar refractivity (Wildman–Crippen MR) is 86.7 cm³/mol. The van der Waals surface area contributed by atoms with E-state index in [0.29, 0.717) is 17.0 Å². The van der Waals surface area contributed by atoms with Gasteiger partial charge in [-0.25, -0.2) is 14.8 Å². The van der Waals surface area contributed by atoms with Crippen LogP contribution in [-0.4, -0.2) is 25.3 Å². The molecule has 7 nitrogen and oxygen atoms in total. The molecule has 0 saturated heterocycles. The third-order valence-corrected chi connectivity index (χ3v) is 3.61. The van der Waals surface area contributed by atoms with Gasteiger partial charge in [0.05, 0.1) is 5.69 Å². The first-order chi connectivity index (χ1) is 11.7. The van der Waals surface area contributed by atoms with Gasteiger partial charge in [-0.3, -0.25) is 9.20 Å². The van der Waals surface area contributed by atoms with Crippen molar-refractivity contribution in [3.8, 4) is 0 Å². The monoisotopic (exact) mass is 320 g/mol. The minimum absolute atomic E-state index is 0.0319. The molecule has 0 radical (unpaired) electrons. The summed E-state index contributed by atoms with van der Waals surface area (Å²) in [4.78, 5) is 35.2. The molecule has 1 aromatic carbocycles. The Balaban J connectivity index is 1.57. The van der Waals surface area contributed by atoms with Crippen LogP contribution in [0.3, 0.4) is 0 Å². The number of aromatic nitrogens is 4. The standard InChI is InChI=1S/C17H12N4O3/c22-15-13(8-11-4-1-2-5-14(11)20-15)16(23)24-10-12-9-21-7-3-6-18-17(21)19-12/h1-9H,10H2,(H,20,22). The molecule has 7 heteroatoms. The maximum absolute atomic E-state index is 12.2. The number of imidazole rings is 1. The van der Waals surface area contributed by atoms with Gasteiger partial charge in [0.25, 0.3) is 5.56 Å². The van der Waals surface area contributed by atoms with Crippen molar-refractivity contribution in [1.82, 2.24) is 19.4 Å². The number of carbonyl (C=O) groups is 1. The highest BCUT2D eigenvalue weighted by molar-refractivity contribution is 5.93. The van der Waals surface area contributed by atoms with E-state index in [1.165, 1.54) is 6.07 Å². The number of hydrogen-bond acceptors (Lipinski definition) is 5. The molecule has 24 heavy (non-hydrogen) atoms. The maximum Gasteiger partial charge on any atom is 0.344 e. The molecule has 0 bridgehead atoms. The number of esters is 1. The lowest BCUT2D eigenvalue weighted by Crippen LogP contribution is -2.19. The van der Waals surface area contributed by atoms with Crippen molar-refractivity contribution in [3.63, 3.8) is 0 Å². The molecular weight excluding hydrogens is 308 g/mol. The van der Waals surface area contributed by atoms with Crippen LogP contribution in [0.4, 0.5) is 0 Å². The summed E-state index contributed by atoms with van der Waals surface area (Å²) in [5.74, 6) is -0.167. The Kier molecular flexibility index (Phi) is 3.31. The van der Waals surface area contributed by atoms with Gasteiger partial charge in [0, 0.05) is 24.1 Å². The zero-order valence-corrected chi connectivity index (χ0v) is 12.5. The number of pyridine rings is 1. The van der Waals surface area contributed by atoms with Crippen molar-refractivity contribution in [2.24, 2.45) is 0 Å². The van der Waals surface area contributed by atoms with Crippen LogP contribution in [0.2, 0.25) is 0 Å². The van der Waals surface area contributed by atoms with Gasteiger partial charge in [-0.1, -0.05) is 18.2 Å². The zero-order chi connectivity index (χ0) is 16.5.